The lowest BCUT2D eigenvalue weighted by Gasteiger charge is -2.28. The van der Waals surface area contributed by atoms with Crippen molar-refractivity contribution in [2.75, 3.05) is 6.54 Å². The second kappa shape index (κ2) is 13.5. The van der Waals surface area contributed by atoms with Crippen LogP contribution in [0.15, 0.2) is 56.7 Å². The summed E-state index contributed by atoms with van der Waals surface area (Å²) >= 11 is 4.31. The van der Waals surface area contributed by atoms with Crippen molar-refractivity contribution in [1.82, 2.24) is 14.9 Å². The van der Waals surface area contributed by atoms with Crippen LogP contribution in [-0.4, -0.2) is 43.5 Å². The van der Waals surface area contributed by atoms with E-state index in [9.17, 15) is 18.0 Å². The van der Waals surface area contributed by atoms with Crippen LogP contribution in [0.2, 0.25) is 0 Å². The van der Waals surface area contributed by atoms with Crippen molar-refractivity contribution in [1.29, 1.82) is 0 Å². The van der Waals surface area contributed by atoms with E-state index >= 15 is 0 Å². The molecule has 3 aromatic heterocycles. The number of thiophene rings is 3. The molecule has 3 rings (SSSR count). The molecule has 0 radical (unpaired) electrons. The zero-order chi connectivity index (χ0) is 26.9. The molecule has 2 N–H and O–H groups in total. The summed E-state index contributed by atoms with van der Waals surface area (Å²) in [5, 5.41) is 8.41. The normalized spacial score (nSPS) is 12.7. The molecule has 1 atom stereocenters. The summed E-state index contributed by atoms with van der Waals surface area (Å²) in [6.45, 7) is 6.40. The van der Waals surface area contributed by atoms with E-state index in [0.29, 0.717) is 32.4 Å². The summed E-state index contributed by atoms with van der Waals surface area (Å²) < 4.78 is 33.0. The van der Waals surface area contributed by atoms with Gasteiger partial charge in [-0.2, -0.15) is 0 Å². The molecular weight excluding hydrogens is 551 g/mol. The number of ether oxygens (including phenoxy) is 1. The molecule has 12 heteroatoms. The molecule has 0 aliphatic rings. The van der Waals surface area contributed by atoms with Crippen molar-refractivity contribution in [2.45, 2.75) is 69.0 Å². The number of carbonyl (C=O) groups is 2. The highest BCUT2D eigenvalue weighted by Crippen LogP contribution is 2.20. The van der Waals surface area contributed by atoms with E-state index in [2.05, 4.69) is 10.0 Å². The molecule has 37 heavy (non-hydrogen) atoms. The van der Waals surface area contributed by atoms with Gasteiger partial charge in [0.1, 0.15) is 15.9 Å². The first-order valence-electron chi connectivity index (χ1n) is 11.9. The third-order valence-electron chi connectivity index (χ3n) is 5.13. The molecule has 0 saturated heterocycles. The molecule has 202 valence electrons. The van der Waals surface area contributed by atoms with Gasteiger partial charge in [-0.05, 0) is 74.4 Å². The summed E-state index contributed by atoms with van der Waals surface area (Å²) in [6.07, 6.45) is 0.742. The molecule has 2 amide bonds. The molecule has 0 fully saturated rings. The van der Waals surface area contributed by atoms with E-state index < -0.39 is 27.8 Å². The number of alkyl carbamates (subject to hydrolysis) is 1. The maximum absolute atomic E-state index is 13.7. The van der Waals surface area contributed by atoms with Crippen LogP contribution < -0.4 is 10.0 Å². The largest absolute Gasteiger partial charge is 0.444 e. The quantitative estimate of drug-likeness (QED) is 0.261. The van der Waals surface area contributed by atoms with E-state index in [0.717, 1.165) is 21.1 Å². The Morgan fingerprint density at radius 2 is 1.54 bits per heavy atom. The van der Waals surface area contributed by atoms with Crippen LogP contribution in [0, 0.1) is 0 Å². The number of sulfonamides is 1. The first-order chi connectivity index (χ1) is 17.5. The molecular formula is C25H33N3O5S4. The Kier molecular flexibility index (Phi) is 10.7. The number of nitrogens with zero attached hydrogens (tertiary/aromatic N) is 1. The summed E-state index contributed by atoms with van der Waals surface area (Å²) in [6, 6.07) is 10.3. The number of hydrogen-bond donors (Lipinski definition) is 2. The molecule has 0 bridgehead atoms. The predicted molar refractivity (Wildman–Crippen MR) is 149 cm³/mol. The summed E-state index contributed by atoms with van der Waals surface area (Å²) in [7, 11) is -3.54. The van der Waals surface area contributed by atoms with Gasteiger partial charge in [-0.25, -0.2) is 17.9 Å². The van der Waals surface area contributed by atoms with Gasteiger partial charge >= 0.3 is 6.09 Å². The van der Waals surface area contributed by atoms with Crippen LogP contribution in [-0.2, 0) is 32.6 Å². The lowest BCUT2D eigenvalue weighted by atomic mass is 10.1. The average molecular weight is 584 g/mol. The monoisotopic (exact) mass is 583 g/mol. The van der Waals surface area contributed by atoms with E-state index in [4.69, 9.17) is 4.74 Å². The van der Waals surface area contributed by atoms with Gasteiger partial charge in [-0.1, -0.05) is 18.2 Å². The van der Waals surface area contributed by atoms with Gasteiger partial charge < -0.3 is 15.0 Å². The smallest absolute Gasteiger partial charge is 0.408 e. The van der Waals surface area contributed by atoms with Crippen molar-refractivity contribution in [2.24, 2.45) is 0 Å². The fourth-order valence-corrected chi connectivity index (χ4v) is 7.04. The summed E-state index contributed by atoms with van der Waals surface area (Å²) in [4.78, 5) is 30.2. The molecule has 1 unspecified atom stereocenters. The van der Waals surface area contributed by atoms with Crippen molar-refractivity contribution >= 4 is 56.0 Å². The third-order valence-corrected chi connectivity index (χ3v) is 9.71. The van der Waals surface area contributed by atoms with Crippen LogP contribution in [0.4, 0.5) is 4.79 Å². The van der Waals surface area contributed by atoms with Gasteiger partial charge in [0.2, 0.25) is 15.9 Å². The maximum atomic E-state index is 13.7. The average Bonchev–Trinajstić information content (AvgIpc) is 3.60. The molecule has 0 spiro atoms. The molecule has 0 aliphatic heterocycles. The van der Waals surface area contributed by atoms with E-state index in [1.165, 1.54) is 0 Å². The molecule has 8 nitrogen and oxygen atoms in total. The minimum Gasteiger partial charge on any atom is -0.444 e. The van der Waals surface area contributed by atoms with Crippen molar-refractivity contribution in [3.05, 3.63) is 62.3 Å². The van der Waals surface area contributed by atoms with E-state index in [-0.39, 0.29) is 16.7 Å². The highest BCUT2D eigenvalue weighted by atomic mass is 32.2. The highest BCUT2D eigenvalue weighted by molar-refractivity contribution is 7.91. The maximum Gasteiger partial charge on any atom is 0.408 e. The summed E-state index contributed by atoms with van der Waals surface area (Å²) in [5.41, 5.74) is -0.703. The van der Waals surface area contributed by atoms with Crippen LogP contribution in [0.25, 0.3) is 0 Å². The van der Waals surface area contributed by atoms with Gasteiger partial charge in [0.25, 0.3) is 0 Å². The van der Waals surface area contributed by atoms with Gasteiger partial charge in [-0.3, -0.25) is 4.79 Å². The zero-order valence-electron chi connectivity index (χ0n) is 21.1. The van der Waals surface area contributed by atoms with Gasteiger partial charge in [0.05, 0.1) is 13.1 Å². The molecule has 0 aromatic carbocycles. The number of unbranched alkanes of at least 4 members (excludes halogenated alkanes) is 1. The van der Waals surface area contributed by atoms with Gasteiger partial charge in [-0.15, -0.1) is 34.0 Å². The van der Waals surface area contributed by atoms with Crippen LogP contribution >= 0.6 is 34.0 Å². The Bertz CT molecular complexity index is 1170. The predicted octanol–water partition coefficient (Wildman–Crippen LogP) is 5.44. The van der Waals surface area contributed by atoms with Crippen LogP contribution in [0.3, 0.4) is 0 Å². The zero-order valence-corrected chi connectivity index (χ0v) is 24.4. The van der Waals surface area contributed by atoms with Gasteiger partial charge in [0.15, 0.2) is 0 Å². The molecule has 0 saturated carbocycles. The van der Waals surface area contributed by atoms with Crippen molar-refractivity contribution in [3.63, 3.8) is 0 Å². The van der Waals surface area contributed by atoms with Crippen LogP contribution in [0.5, 0.6) is 0 Å². The minimum absolute atomic E-state index is 0.202. The molecule has 3 heterocycles. The first kappa shape index (κ1) is 29.3. The highest BCUT2D eigenvalue weighted by Gasteiger charge is 2.28. The number of amides is 2. The lowest BCUT2D eigenvalue weighted by Crippen LogP contribution is -2.49. The Morgan fingerprint density at radius 1 is 0.946 bits per heavy atom. The first-order valence-corrected chi connectivity index (χ1v) is 16.0. The van der Waals surface area contributed by atoms with Crippen molar-refractivity contribution < 1.29 is 22.7 Å². The molecule has 0 aliphatic carbocycles. The third kappa shape index (κ3) is 9.86. The van der Waals surface area contributed by atoms with Crippen LogP contribution in [0.1, 0.15) is 49.8 Å². The van der Waals surface area contributed by atoms with E-state index in [1.54, 1.807) is 65.9 Å². The number of rotatable bonds is 13. The standard InChI is InChI=1S/C25H33N3O5S4/c1-25(2,3)33-24(30)27-21(11-4-5-13-26-37(31,32)22-12-8-16-36-22)23(29)28(17-19-9-6-14-34-19)18-20-10-7-15-35-20/h6-10,12,14-16,21,26H,4-5,11,13,17-18H2,1-3H3,(H,27,30). The number of carbonyl (C=O) groups excluding carboxylic acids is 2. The SMILES string of the molecule is CC(C)(C)OC(=O)NC(CCCCNS(=O)(=O)c1cccs1)C(=O)N(Cc1cccs1)Cc1cccs1. The second-order valence-corrected chi connectivity index (χ2v) is 14.4. The topological polar surface area (TPSA) is 105 Å². The fourth-order valence-electron chi connectivity index (χ4n) is 3.49. The van der Waals surface area contributed by atoms with E-state index in [1.807, 2.05) is 35.0 Å². The fraction of sp³-hybridized carbons (Fsp3) is 0.440. The second-order valence-electron chi connectivity index (χ2n) is 9.38. The Morgan fingerprint density at radius 3 is 2.05 bits per heavy atom. The minimum atomic E-state index is -3.54. The number of nitrogens with one attached hydrogen (secondary N) is 2. The molecule has 3 aromatic rings. The van der Waals surface area contributed by atoms with Crippen molar-refractivity contribution in [3.8, 4) is 0 Å². The lowest BCUT2D eigenvalue weighted by molar-refractivity contribution is -0.134. The summed E-state index contributed by atoms with van der Waals surface area (Å²) in [5.74, 6) is -0.202. The Balaban J connectivity index is 1.66. The Hall–Kier alpha value is -2.25. The number of hydrogen-bond acceptors (Lipinski definition) is 8. The van der Waals surface area contributed by atoms with Gasteiger partial charge in [0, 0.05) is 16.3 Å². The Labute approximate surface area is 230 Å².